The minimum Gasteiger partial charge on any atom is -0.760 e. The Morgan fingerprint density at radius 3 is 3.07 bits per heavy atom. The number of nitrogens with zero attached hydrogens (tertiary/aromatic N) is 1. The fourth-order valence-electron chi connectivity index (χ4n) is 1.90. The molecule has 1 unspecified atom stereocenters. The van der Waals surface area contributed by atoms with Crippen molar-refractivity contribution in [3.8, 4) is 0 Å². The highest BCUT2D eigenvalue weighted by Crippen LogP contribution is 2.26. The Morgan fingerprint density at radius 2 is 2.27 bits per heavy atom. The van der Waals surface area contributed by atoms with E-state index in [9.17, 15) is 8.76 Å². The van der Waals surface area contributed by atoms with Crippen molar-refractivity contribution in [1.29, 1.82) is 0 Å². The first-order valence-electron chi connectivity index (χ1n) is 4.93. The summed E-state index contributed by atoms with van der Waals surface area (Å²) < 4.78 is 23.0. The van der Waals surface area contributed by atoms with Crippen molar-refractivity contribution < 1.29 is 8.76 Å². The average molecular weight is 225 g/mol. The van der Waals surface area contributed by atoms with Gasteiger partial charge in [-0.15, -0.1) is 0 Å². The van der Waals surface area contributed by atoms with Gasteiger partial charge in [-0.25, -0.2) is 4.72 Å². The van der Waals surface area contributed by atoms with Crippen molar-refractivity contribution in [3.05, 3.63) is 29.8 Å². The number of fused-ring (bicyclic) bond motifs is 1. The highest BCUT2D eigenvalue weighted by Gasteiger charge is 2.16. The minimum atomic E-state index is -2.15. The van der Waals surface area contributed by atoms with E-state index in [0.29, 0.717) is 6.54 Å². The first kappa shape index (κ1) is 10.6. The van der Waals surface area contributed by atoms with Crippen LogP contribution in [0.15, 0.2) is 24.3 Å². The van der Waals surface area contributed by atoms with Gasteiger partial charge in [0.15, 0.2) is 0 Å². The molecule has 0 fully saturated rings. The molecule has 1 aromatic carbocycles. The third kappa shape index (κ3) is 2.56. The standard InChI is InChI=1S/C10H14N2O2S/c13-15(14)11-6-8-12-7-5-9-3-1-2-4-10(9)12/h1-4,11H,5-8H2,(H,13,14)/p-1. The smallest absolute Gasteiger partial charge is 0.0399 e. The molecule has 0 amide bonds. The van der Waals surface area contributed by atoms with Crippen molar-refractivity contribution >= 4 is 17.0 Å². The molecule has 4 nitrogen and oxygen atoms in total. The molecule has 1 atom stereocenters. The van der Waals surface area contributed by atoms with E-state index >= 15 is 0 Å². The van der Waals surface area contributed by atoms with E-state index in [1.165, 1.54) is 11.3 Å². The van der Waals surface area contributed by atoms with Gasteiger partial charge in [0, 0.05) is 36.6 Å². The molecule has 82 valence electrons. The fourth-order valence-corrected chi connectivity index (χ4v) is 2.16. The predicted octanol–water partition coefficient (Wildman–Crippen LogP) is 0.433. The zero-order chi connectivity index (χ0) is 10.7. The molecular weight excluding hydrogens is 212 g/mol. The van der Waals surface area contributed by atoms with Crippen molar-refractivity contribution in [1.82, 2.24) is 4.72 Å². The lowest BCUT2D eigenvalue weighted by atomic mass is 10.2. The summed E-state index contributed by atoms with van der Waals surface area (Å²) in [6, 6.07) is 8.24. The number of hydrogen-bond donors (Lipinski definition) is 1. The average Bonchev–Trinajstić information content (AvgIpc) is 2.62. The van der Waals surface area contributed by atoms with Crippen LogP contribution in [-0.2, 0) is 17.7 Å². The summed E-state index contributed by atoms with van der Waals surface area (Å²) in [5.41, 5.74) is 2.58. The lowest BCUT2D eigenvalue weighted by Gasteiger charge is -2.19. The second-order valence-corrected chi connectivity index (χ2v) is 4.25. The second-order valence-electron chi connectivity index (χ2n) is 3.49. The molecular formula is C10H13N2O2S-. The number of para-hydroxylation sites is 1. The lowest BCUT2D eigenvalue weighted by Crippen LogP contribution is -2.31. The molecule has 1 aliphatic rings. The summed E-state index contributed by atoms with van der Waals surface area (Å²) in [6.45, 7) is 2.17. The molecule has 0 saturated heterocycles. The summed E-state index contributed by atoms with van der Waals surface area (Å²) in [5.74, 6) is 0. The molecule has 0 aromatic heterocycles. The normalized spacial score (nSPS) is 16.5. The molecule has 2 rings (SSSR count). The topological polar surface area (TPSA) is 55.4 Å². The zero-order valence-corrected chi connectivity index (χ0v) is 9.13. The maximum absolute atomic E-state index is 10.3. The maximum atomic E-state index is 10.3. The number of benzene rings is 1. The quantitative estimate of drug-likeness (QED) is 0.756. The van der Waals surface area contributed by atoms with Crippen LogP contribution in [0, 0.1) is 0 Å². The Hall–Kier alpha value is -0.910. The lowest BCUT2D eigenvalue weighted by molar-refractivity contribution is 0.523. The molecule has 0 radical (unpaired) electrons. The van der Waals surface area contributed by atoms with Crippen LogP contribution in [0.5, 0.6) is 0 Å². The summed E-state index contributed by atoms with van der Waals surface area (Å²) in [5, 5.41) is 0. The monoisotopic (exact) mass is 225 g/mol. The van der Waals surface area contributed by atoms with Crippen LogP contribution >= 0.6 is 0 Å². The first-order chi connectivity index (χ1) is 7.27. The number of anilines is 1. The second kappa shape index (κ2) is 4.74. The minimum absolute atomic E-state index is 0.463. The van der Waals surface area contributed by atoms with Crippen LogP contribution in [0.1, 0.15) is 5.56 Å². The predicted molar refractivity (Wildman–Crippen MR) is 59.3 cm³/mol. The van der Waals surface area contributed by atoms with Crippen LogP contribution in [-0.4, -0.2) is 28.4 Å². The third-order valence-corrected chi connectivity index (χ3v) is 3.02. The molecule has 0 bridgehead atoms. The third-order valence-electron chi connectivity index (χ3n) is 2.58. The van der Waals surface area contributed by atoms with Gasteiger partial charge in [0.1, 0.15) is 0 Å². The number of nitrogens with one attached hydrogen (secondary N) is 1. The summed E-state index contributed by atoms with van der Waals surface area (Å²) in [6.07, 6.45) is 1.05. The van der Waals surface area contributed by atoms with Gasteiger partial charge in [0.05, 0.1) is 0 Å². The molecule has 1 heterocycles. The largest absolute Gasteiger partial charge is 0.760 e. The van der Waals surface area contributed by atoms with Gasteiger partial charge in [-0.3, -0.25) is 4.21 Å². The number of hydrogen-bond acceptors (Lipinski definition) is 3. The molecule has 0 saturated carbocycles. The van der Waals surface area contributed by atoms with Gasteiger partial charge in [-0.2, -0.15) is 0 Å². The van der Waals surface area contributed by atoms with Crippen LogP contribution in [0.2, 0.25) is 0 Å². The van der Waals surface area contributed by atoms with Crippen molar-refractivity contribution in [2.45, 2.75) is 6.42 Å². The molecule has 15 heavy (non-hydrogen) atoms. The highest BCUT2D eigenvalue weighted by molar-refractivity contribution is 7.77. The van der Waals surface area contributed by atoms with Gasteiger partial charge in [-0.1, -0.05) is 18.2 Å². The summed E-state index contributed by atoms with van der Waals surface area (Å²) in [4.78, 5) is 2.20. The van der Waals surface area contributed by atoms with E-state index in [1.807, 2.05) is 12.1 Å². The maximum Gasteiger partial charge on any atom is 0.0399 e. The van der Waals surface area contributed by atoms with Crippen LogP contribution < -0.4 is 9.62 Å². The van der Waals surface area contributed by atoms with Gasteiger partial charge >= 0.3 is 0 Å². The van der Waals surface area contributed by atoms with E-state index in [1.54, 1.807) is 0 Å². The van der Waals surface area contributed by atoms with Gasteiger partial charge in [0.25, 0.3) is 0 Å². The highest BCUT2D eigenvalue weighted by atomic mass is 32.2. The number of rotatable bonds is 4. The van der Waals surface area contributed by atoms with E-state index in [-0.39, 0.29) is 0 Å². The Balaban J connectivity index is 1.93. The Bertz CT molecular complexity index is 370. The van der Waals surface area contributed by atoms with Crippen molar-refractivity contribution in [2.75, 3.05) is 24.5 Å². The van der Waals surface area contributed by atoms with Crippen LogP contribution in [0.25, 0.3) is 0 Å². The Labute approximate surface area is 91.7 Å². The zero-order valence-electron chi connectivity index (χ0n) is 8.31. The van der Waals surface area contributed by atoms with E-state index in [4.69, 9.17) is 0 Å². The molecule has 0 spiro atoms. The van der Waals surface area contributed by atoms with Gasteiger partial charge in [0.2, 0.25) is 0 Å². The van der Waals surface area contributed by atoms with Crippen molar-refractivity contribution in [3.63, 3.8) is 0 Å². The Kier molecular flexibility index (Phi) is 3.35. The fraction of sp³-hybridized carbons (Fsp3) is 0.400. The van der Waals surface area contributed by atoms with E-state index in [0.717, 1.165) is 19.5 Å². The molecule has 1 aromatic rings. The molecule has 1 aliphatic heterocycles. The summed E-state index contributed by atoms with van der Waals surface area (Å²) in [7, 11) is 0. The van der Waals surface area contributed by atoms with E-state index in [2.05, 4.69) is 21.8 Å². The SMILES string of the molecule is O=S([O-])NCCN1CCc2ccccc21. The van der Waals surface area contributed by atoms with Gasteiger partial charge < -0.3 is 9.45 Å². The summed E-state index contributed by atoms with van der Waals surface area (Å²) >= 11 is -2.15. The van der Waals surface area contributed by atoms with Crippen LogP contribution in [0.3, 0.4) is 0 Å². The molecule has 5 heteroatoms. The van der Waals surface area contributed by atoms with Gasteiger partial charge in [-0.05, 0) is 18.1 Å². The molecule has 1 N–H and O–H groups in total. The van der Waals surface area contributed by atoms with Crippen molar-refractivity contribution in [2.24, 2.45) is 0 Å². The van der Waals surface area contributed by atoms with E-state index < -0.39 is 11.3 Å². The first-order valence-corrected chi connectivity index (χ1v) is 6.00. The van der Waals surface area contributed by atoms with Crippen LogP contribution in [0.4, 0.5) is 5.69 Å². The Morgan fingerprint density at radius 1 is 1.47 bits per heavy atom. The molecule has 0 aliphatic carbocycles.